The summed E-state index contributed by atoms with van der Waals surface area (Å²) in [6.45, 7) is 7.09. The molecule has 1 amide bonds. The van der Waals surface area contributed by atoms with E-state index in [9.17, 15) is 4.79 Å². The standard InChI is InChI=1S/C35H36N2O2/c1-25(2)26(3)36-35(38)22-32(28-15-12-18-30(21-28)39-29-16-8-5-9-17-29)33-24-37(23-27-13-6-4-7-14-27)34-20-11-10-19-31(33)34/h4-21,24-26,32H,22-23H2,1-3H3,(H,36,38). The fourth-order valence-electron chi connectivity index (χ4n) is 4.96. The van der Waals surface area contributed by atoms with Gasteiger partial charge in [0.1, 0.15) is 11.5 Å². The van der Waals surface area contributed by atoms with Crippen molar-refractivity contribution in [2.75, 3.05) is 0 Å². The normalized spacial score (nSPS) is 12.8. The molecule has 5 aromatic rings. The van der Waals surface area contributed by atoms with Crippen LogP contribution in [0.15, 0.2) is 115 Å². The van der Waals surface area contributed by atoms with Crippen molar-refractivity contribution in [1.82, 2.24) is 9.88 Å². The van der Waals surface area contributed by atoms with Crippen LogP contribution in [0.4, 0.5) is 0 Å². The molecule has 0 aliphatic carbocycles. The predicted octanol–water partition coefficient (Wildman–Crippen LogP) is 8.16. The Morgan fingerprint density at radius 2 is 1.46 bits per heavy atom. The Hall–Kier alpha value is -4.31. The number of carbonyl (C=O) groups is 1. The molecule has 1 aromatic heterocycles. The van der Waals surface area contributed by atoms with Gasteiger partial charge in [0.25, 0.3) is 0 Å². The first-order chi connectivity index (χ1) is 19.0. The third-order valence-electron chi connectivity index (χ3n) is 7.41. The van der Waals surface area contributed by atoms with E-state index in [1.54, 1.807) is 0 Å². The molecule has 5 rings (SSSR count). The molecule has 0 radical (unpaired) electrons. The topological polar surface area (TPSA) is 43.3 Å². The van der Waals surface area contributed by atoms with E-state index in [1.807, 2.05) is 48.5 Å². The summed E-state index contributed by atoms with van der Waals surface area (Å²) >= 11 is 0. The Bertz CT molecular complexity index is 1520. The van der Waals surface area contributed by atoms with Crippen LogP contribution in [0.3, 0.4) is 0 Å². The van der Waals surface area contributed by atoms with E-state index in [0.717, 1.165) is 40.1 Å². The quantitative estimate of drug-likeness (QED) is 0.203. The summed E-state index contributed by atoms with van der Waals surface area (Å²) in [7, 11) is 0. The van der Waals surface area contributed by atoms with E-state index in [4.69, 9.17) is 4.74 Å². The molecule has 2 unspecified atom stereocenters. The van der Waals surface area contributed by atoms with Crippen LogP contribution in [0.5, 0.6) is 11.5 Å². The maximum absolute atomic E-state index is 13.4. The number of amides is 1. The summed E-state index contributed by atoms with van der Waals surface area (Å²) in [5.41, 5.74) is 4.60. The Balaban J connectivity index is 1.55. The molecule has 0 aliphatic heterocycles. The highest BCUT2D eigenvalue weighted by molar-refractivity contribution is 5.87. The second-order valence-electron chi connectivity index (χ2n) is 10.6. The van der Waals surface area contributed by atoms with Crippen LogP contribution in [0.1, 0.15) is 49.8 Å². The van der Waals surface area contributed by atoms with Gasteiger partial charge in [-0.25, -0.2) is 0 Å². The van der Waals surface area contributed by atoms with Gasteiger partial charge in [0.2, 0.25) is 5.91 Å². The van der Waals surface area contributed by atoms with Gasteiger partial charge in [-0.15, -0.1) is 0 Å². The monoisotopic (exact) mass is 516 g/mol. The second-order valence-corrected chi connectivity index (χ2v) is 10.6. The van der Waals surface area contributed by atoms with Gasteiger partial charge in [-0.1, -0.05) is 92.7 Å². The van der Waals surface area contributed by atoms with Crippen LogP contribution in [-0.2, 0) is 11.3 Å². The number of carbonyl (C=O) groups excluding carboxylic acids is 1. The lowest BCUT2D eigenvalue weighted by Gasteiger charge is -2.22. The summed E-state index contributed by atoms with van der Waals surface area (Å²) in [4.78, 5) is 13.4. The molecular weight excluding hydrogens is 480 g/mol. The Kier molecular flexibility index (Phi) is 8.12. The molecule has 0 saturated carbocycles. The molecule has 2 atom stereocenters. The van der Waals surface area contributed by atoms with Crippen LogP contribution in [0, 0.1) is 5.92 Å². The molecule has 0 spiro atoms. The molecule has 0 fully saturated rings. The van der Waals surface area contributed by atoms with Crippen LogP contribution in [0.25, 0.3) is 10.9 Å². The molecule has 4 aromatic carbocycles. The van der Waals surface area contributed by atoms with E-state index in [-0.39, 0.29) is 17.9 Å². The van der Waals surface area contributed by atoms with Crippen molar-refractivity contribution < 1.29 is 9.53 Å². The van der Waals surface area contributed by atoms with Crippen LogP contribution >= 0.6 is 0 Å². The highest BCUT2D eigenvalue weighted by Crippen LogP contribution is 2.37. The summed E-state index contributed by atoms with van der Waals surface area (Å²) < 4.78 is 8.47. The molecule has 198 valence electrons. The van der Waals surface area contributed by atoms with Gasteiger partial charge in [-0.05, 0) is 59.9 Å². The van der Waals surface area contributed by atoms with Crippen molar-refractivity contribution in [2.24, 2.45) is 5.92 Å². The van der Waals surface area contributed by atoms with Gasteiger partial charge in [0.05, 0.1) is 0 Å². The number of para-hydroxylation sites is 2. The highest BCUT2D eigenvalue weighted by atomic mass is 16.5. The Morgan fingerprint density at radius 3 is 2.21 bits per heavy atom. The first-order valence-corrected chi connectivity index (χ1v) is 13.7. The van der Waals surface area contributed by atoms with E-state index in [1.165, 1.54) is 5.56 Å². The first-order valence-electron chi connectivity index (χ1n) is 13.7. The summed E-state index contributed by atoms with van der Waals surface area (Å²) in [5.74, 6) is 1.82. The highest BCUT2D eigenvalue weighted by Gasteiger charge is 2.24. The number of ether oxygens (including phenoxy) is 1. The molecule has 0 saturated heterocycles. The third kappa shape index (κ3) is 6.40. The molecule has 1 N–H and O–H groups in total. The summed E-state index contributed by atoms with van der Waals surface area (Å²) in [5, 5.41) is 4.39. The Labute approximate surface area is 231 Å². The Morgan fingerprint density at radius 1 is 0.795 bits per heavy atom. The molecule has 4 heteroatoms. The van der Waals surface area contributed by atoms with Gasteiger partial charge in [0, 0.05) is 42.0 Å². The zero-order valence-electron chi connectivity index (χ0n) is 22.9. The van der Waals surface area contributed by atoms with Crippen molar-refractivity contribution in [1.29, 1.82) is 0 Å². The van der Waals surface area contributed by atoms with Crippen molar-refractivity contribution in [3.63, 3.8) is 0 Å². The number of fused-ring (bicyclic) bond motifs is 1. The van der Waals surface area contributed by atoms with E-state index < -0.39 is 0 Å². The number of hydrogen-bond acceptors (Lipinski definition) is 2. The van der Waals surface area contributed by atoms with E-state index >= 15 is 0 Å². The first kappa shape index (κ1) is 26.3. The number of hydrogen-bond donors (Lipinski definition) is 1. The SMILES string of the molecule is CC(C)C(C)NC(=O)CC(c1cccc(Oc2ccccc2)c1)c1cn(Cc2ccccc2)c2ccccc12. The molecule has 0 aliphatic rings. The minimum Gasteiger partial charge on any atom is -0.457 e. The van der Waals surface area contributed by atoms with Crippen LogP contribution in [0.2, 0.25) is 0 Å². The van der Waals surface area contributed by atoms with Crippen LogP contribution in [-0.4, -0.2) is 16.5 Å². The average molecular weight is 517 g/mol. The van der Waals surface area contributed by atoms with Gasteiger partial charge >= 0.3 is 0 Å². The maximum Gasteiger partial charge on any atom is 0.221 e. The lowest BCUT2D eigenvalue weighted by atomic mass is 9.87. The van der Waals surface area contributed by atoms with Crippen molar-refractivity contribution >= 4 is 16.8 Å². The van der Waals surface area contributed by atoms with Crippen molar-refractivity contribution in [3.8, 4) is 11.5 Å². The van der Waals surface area contributed by atoms with Gasteiger partial charge in [-0.2, -0.15) is 0 Å². The predicted molar refractivity (Wildman–Crippen MR) is 159 cm³/mol. The average Bonchev–Trinajstić information content (AvgIpc) is 3.31. The number of nitrogens with zero attached hydrogens (tertiary/aromatic N) is 1. The fraction of sp³-hybridized carbons (Fsp3) is 0.229. The zero-order valence-corrected chi connectivity index (χ0v) is 22.9. The summed E-state index contributed by atoms with van der Waals surface area (Å²) in [6.07, 6.45) is 2.58. The lowest BCUT2D eigenvalue weighted by molar-refractivity contribution is -0.122. The zero-order chi connectivity index (χ0) is 27.2. The maximum atomic E-state index is 13.4. The molecule has 0 bridgehead atoms. The van der Waals surface area contributed by atoms with Gasteiger partial charge < -0.3 is 14.6 Å². The largest absolute Gasteiger partial charge is 0.457 e. The minimum atomic E-state index is -0.134. The van der Waals surface area contributed by atoms with E-state index in [0.29, 0.717) is 12.3 Å². The number of aromatic nitrogens is 1. The molecule has 1 heterocycles. The fourth-order valence-corrected chi connectivity index (χ4v) is 4.96. The molecule has 4 nitrogen and oxygen atoms in total. The second kappa shape index (κ2) is 12.0. The molecular formula is C35H36N2O2. The van der Waals surface area contributed by atoms with Crippen LogP contribution < -0.4 is 10.1 Å². The van der Waals surface area contributed by atoms with Gasteiger partial charge in [0.15, 0.2) is 0 Å². The third-order valence-corrected chi connectivity index (χ3v) is 7.41. The van der Waals surface area contributed by atoms with E-state index in [2.05, 4.69) is 97.5 Å². The molecule has 39 heavy (non-hydrogen) atoms. The number of rotatable bonds is 10. The van der Waals surface area contributed by atoms with Crippen molar-refractivity contribution in [3.05, 3.63) is 132 Å². The van der Waals surface area contributed by atoms with Gasteiger partial charge in [-0.3, -0.25) is 4.79 Å². The number of nitrogens with one attached hydrogen (secondary N) is 1. The van der Waals surface area contributed by atoms with Crippen molar-refractivity contribution in [2.45, 2.75) is 45.7 Å². The lowest BCUT2D eigenvalue weighted by Crippen LogP contribution is -2.36. The smallest absolute Gasteiger partial charge is 0.221 e. The number of benzene rings is 4. The minimum absolute atomic E-state index is 0.0514. The summed E-state index contributed by atoms with van der Waals surface area (Å²) in [6, 6.07) is 37.0.